The van der Waals surface area contributed by atoms with Crippen molar-refractivity contribution in [2.75, 3.05) is 20.8 Å². The van der Waals surface area contributed by atoms with E-state index in [1.165, 1.54) is 18.4 Å². The first kappa shape index (κ1) is 16.3. The molecule has 0 saturated heterocycles. The molecule has 0 radical (unpaired) electrons. The topological polar surface area (TPSA) is 30.5 Å². The lowest BCUT2D eigenvalue weighted by Crippen LogP contribution is -2.47. The molecule has 0 bridgehead atoms. The Hall–Kier alpha value is -1.06. The quantitative estimate of drug-likeness (QED) is 0.861. The summed E-state index contributed by atoms with van der Waals surface area (Å²) in [7, 11) is 3.58. The molecule has 0 aromatic heterocycles. The first-order valence-electron chi connectivity index (χ1n) is 8.07. The third-order valence-electron chi connectivity index (χ3n) is 4.89. The SMILES string of the molecule is CCNC(c1cccc(OC)c1)C1(OC)CCC(C)CC1. The highest BCUT2D eigenvalue weighted by Crippen LogP contribution is 2.43. The Morgan fingerprint density at radius 1 is 1.29 bits per heavy atom. The van der Waals surface area contributed by atoms with E-state index in [2.05, 4.69) is 37.4 Å². The van der Waals surface area contributed by atoms with E-state index in [0.29, 0.717) is 0 Å². The van der Waals surface area contributed by atoms with Gasteiger partial charge in [0, 0.05) is 7.11 Å². The largest absolute Gasteiger partial charge is 0.497 e. The smallest absolute Gasteiger partial charge is 0.119 e. The molecule has 118 valence electrons. The third kappa shape index (κ3) is 3.58. The molecule has 1 atom stereocenters. The van der Waals surface area contributed by atoms with Gasteiger partial charge in [0.1, 0.15) is 5.75 Å². The molecule has 2 rings (SSSR count). The second kappa shape index (κ2) is 7.28. The molecular formula is C18H29NO2. The van der Waals surface area contributed by atoms with Gasteiger partial charge in [-0.1, -0.05) is 26.0 Å². The number of ether oxygens (including phenoxy) is 2. The Bertz CT molecular complexity index is 439. The highest BCUT2D eigenvalue weighted by atomic mass is 16.5. The molecule has 21 heavy (non-hydrogen) atoms. The van der Waals surface area contributed by atoms with E-state index in [-0.39, 0.29) is 11.6 Å². The summed E-state index contributed by atoms with van der Waals surface area (Å²) in [4.78, 5) is 0. The minimum Gasteiger partial charge on any atom is -0.497 e. The second-order valence-electron chi connectivity index (χ2n) is 6.22. The van der Waals surface area contributed by atoms with Crippen LogP contribution < -0.4 is 10.1 Å². The zero-order valence-electron chi connectivity index (χ0n) is 13.8. The molecule has 1 aliphatic carbocycles. The normalized spacial score (nSPS) is 27.3. The van der Waals surface area contributed by atoms with Crippen LogP contribution in [0.1, 0.15) is 51.1 Å². The maximum Gasteiger partial charge on any atom is 0.119 e. The monoisotopic (exact) mass is 291 g/mol. The lowest BCUT2D eigenvalue weighted by atomic mass is 9.73. The van der Waals surface area contributed by atoms with Crippen molar-refractivity contribution in [3.05, 3.63) is 29.8 Å². The zero-order valence-corrected chi connectivity index (χ0v) is 13.8. The molecule has 1 fully saturated rings. The van der Waals surface area contributed by atoms with Crippen molar-refractivity contribution in [2.45, 2.75) is 51.2 Å². The van der Waals surface area contributed by atoms with Gasteiger partial charge in [0.05, 0.1) is 18.8 Å². The highest BCUT2D eigenvalue weighted by molar-refractivity contribution is 5.32. The Balaban J connectivity index is 2.31. The molecule has 3 heteroatoms. The second-order valence-corrected chi connectivity index (χ2v) is 6.22. The minimum atomic E-state index is -0.102. The van der Waals surface area contributed by atoms with Gasteiger partial charge in [-0.25, -0.2) is 0 Å². The molecule has 0 heterocycles. The van der Waals surface area contributed by atoms with Gasteiger partial charge in [0.15, 0.2) is 0 Å². The molecule has 1 aromatic carbocycles. The molecule has 3 nitrogen and oxygen atoms in total. The van der Waals surface area contributed by atoms with Gasteiger partial charge in [-0.2, -0.15) is 0 Å². The number of nitrogens with one attached hydrogen (secondary N) is 1. The van der Waals surface area contributed by atoms with Gasteiger partial charge in [-0.15, -0.1) is 0 Å². The number of hydrogen-bond donors (Lipinski definition) is 1. The van der Waals surface area contributed by atoms with Gasteiger partial charge in [0.2, 0.25) is 0 Å². The van der Waals surface area contributed by atoms with Gasteiger partial charge in [-0.3, -0.25) is 0 Å². The third-order valence-corrected chi connectivity index (χ3v) is 4.89. The molecule has 1 unspecified atom stereocenters. The Kier molecular flexibility index (Phi) is 5.65. The number of rotatable bonds is 6. The molecule has 0 spiro atoms. The molecule has 1 N–H and O–H groups in total. The van der Waals surface area contributed by atoms with Crippen molar-refractivity contribution in [1.29, 1.82) is 0 Å². The predicted octanol–water partition coefficient (Wildman–Crippen LogP) is 3.94. The molecule has 0 amide bonds. The average Bonchev–Trinajstić information content (AvgIpc) is 2.54. The van der Waals surface area contributed by atoms with Gasteiger partial charge < -0.3 is 14.8 Å². The van der Waals surface area contributed by atoms with Crippen LogP contribution in [0, 0.1) is 5.92 Å². The summed E-state index contributed by atoms with van der Waals surface area (Å²) < 4.78 is 11.5. The van der Waals surface area contributed by atoms with Crippen LogP contribution in [0.5, 0.6) is 5.75 Å². The van der Waals surface area contributed by atoms with Crippen LogP contribution in [-0.4, -0.2) is 26.4 Å². The van der Waals surface area contributed by atoms with E-state index in [1.54, 1.807) is 7.11 Å². The highest BCUT2D eigenvalue weighted by Gasteiger charge is 2.42. The zero-order chi connectivity index (χ0) is 15.3. The van der Waals surface area contributed by atoms with Gasteiger partial charge >= 0.3 is 0 Å². The molecular weight excluding hydrogens is 262 g/mol. The fourth-order valence-electron chi connectivity index (χ4n) is 3.49. The van der Waals surface area contributed by atoms with Crippen molar-refractivity contribution in [3.8, 4) is 5.75 Å². The van der Waals surface area contributed by atoms with E-state index < -0.39 is 0 Å². The van der Waals surface area contributed by atoms with Crippen LogP contribution in [0.25, 0.3) is 0 Å². The Morgan fingerprint density at radius 3 is 2.57 bits per heavy atom. The van der Waals surface area contributed by atoms with E-state index in [4.69, 9.17) is 9.47 Å². The van der Waals surface area contributed by atoms with Crippen molar-refractivity contribution in [3.63, 3.8) is 0 Å². The van der Waals surface area contributed by atoms with Crippen LogP contribution in [0.4, 0.5) is 0 Å². The van der Waals surface area contributed by atoms with Crippen LogP contribution in [0.3, 0.4) is 0 Å². The lowest BCUT2D eigenvalue weighted by molar-refractivity contribution is -0.0757. The van der Waals surface area contributed by atoms with Crippen molar-refractivity contribution >= 4 is 0 Å². The number of hydrogen-bond acceptors (Lipinski definition) is 3. The summed E-state index contributed by atoms with van der Waals surface area (Å²) in [6, 6.07) is 8.58. The maximum absolute atomic E-state index is 6.07. The molecule has 0 aliphatic heterocycles. The summed E-state index contributed by atoms with van der Waals surface area (Å²) in [5.41, 5.74) is 1.15. The van der Waals surface area contributed by atoms with E-state index in [9.17, 15) is 0 Å². The standard InChI is InChI=1S/C18H29NO2/c1-5-19-17(15-7-6-8-16(13-15)20-3)18(21-4)11-9-14(2)10-12-18/h6-8,13-14,17,19H,5,9-12H2,1-4H3. The van der Waals surface area contributed by atoms with Gasteiger partial charge in [0.25, 0.3) is 0 Å². The summed E-state index contributed by atoms with van der Waals surface area (Å²) >= 11 is 0. The predicted molar refractivity (Wildman–Crippen MR) is 86.8 cm³/mol. The fourth-order valence-corrected chi connectivity index (χ4v) is 3.49. The van der Waals surface area contributed by atoms with Crippen LogP contribution >= 0.6 is 0 Å². The summed E-state index contributed by atoms with van der Waals surface area (Å²) in [5.74, 6) is 1.71. The Labute approximate surface area is 129 Å². The van der Waals surface area contributed by atoms with Crippen LogP contribution in [0.15, 0.2) is 24.3 Å². The van der Waals surface area contributed by atoms with Crippen molar-refractivity contribution < 1.29 is 9.47 Å². The maximum atomic E-state index is 6.07. The van der Waals surface area contributed by atoms with Crippen LogP contribution in [-0.2, 0) is 4.74 Å². The van der Waals surface area contributed by atoms with E-state index in [1.807, 2.05) is 13.2 Å². The molecule has 1 aromatic rings. The fraction of sp³-hybridized carbons (Fsp3) is 0.667. The summed E-state index contributed by atoms with van der Waals surface area (Å²) in [5, 5.41) is 3.65. The molecule has 1 saturated carbocycles. The van der Waals surface area contributed by atoms with E-state index in [0.717, 1.165) is 31.1 Å². The van der Waals surface area contributed by atoms with Crippen molar-refractivity contribution in [1.82, 2.24) is 5.32 Å². The number of methoxy groups -OCH3 is 2. The van der Waals surface area contributed by atoms with E-state index >= 15 is 0 Å². The lowest BCUT2D eigenvalue weighted by Gasteiger charge is -2.44. The molecule has 1 aliphatic rings. The van der Waals surface area contributed by atoms with Crippen molar-refractivity contribution in [2.24, 2.45) is 5.92 Å². The first-order chi connectivity index (χ1) is 10.1. The number of benzene rings is 1. The van der Waals surface area contributed by atoms with Gasteiger partial charge in [-0.05, 0) is 55.8 Å². The summed E-state index contributed by atoms with van der Waals surface area (Å²) in [6.07, 6.45) is 4.69. The average molecular weight is 291 g/mol. The number of likely N-dealkylation sites (N-methyl/N-ethyl adjacent to an activating group) is 1. The first-order valence-corrected chi connectivity index (χ1v) is 8.07. The summed E-state index contributed by atoms with van der Waals surface area (Å²) in [6.45, 7) is 5.43. The Morgan fingerprint density at radius 2 is 2.00 bits per heavy atom. The van der Waals surface area contributed by atoms with Crippen LogP contribution in [0.2, 0.25) is 0 Å². The minimum absolute atomic E-state index is 0.102.